The van der Waals surface area contributed by atoms with Crippen molar-refractivity contribution < 1.29 is 19.4 Å². The van der Waals surface area contributed by atoms with Crippen LogP contribution in [0, 0.1) is 0 Å². The predicted molar refractivity (Wildman–Crippen MR) is 154 cm³/mol. The smallest absolute Gasteiger partial charge is 0.306 e. The number of carbonyl (C=O) groups excluding carboxylic acids is 1. The molecule has 0 rings (SSSR count). The van der Waals surface area contributed by atoms with Gasteiger partial charge in [-0.2, -0.15) is 0 Å². The van der Waals surface area contributed by atoms with Crippen LogP contribution in [0.15, 0.2) is 0 Å². The summed E-state index contributed by atoms with van der Waals surface area (Å²) in [5.41, 5.74) is 0. The van der Waals surface area contributed by atoms with Crippen LogP contribution >= 0.6 is 0 Å². The molecule has 0 fully saturated rings. The van der Waals surface area contributed by atoms with Crippen LogP contribution in [0.5, 0.6) is 0 Å². The van der Waals surface area contributed by atoms with Crippen molar-refractivity contribution in [2.75, 3.05) is 0 Å². The first-order valence-electron chi connectivity index (χ1n) is 16.0. The van der Waals surface area contributed by atoms with E-state index < -0.39 is 5.97 Å². The van der Waals surface area contributed by atoms with Crippen molar-refractivity contribution in [2.24, 2.45) is 0 Å². The van der Waals surface area contributed by atoms with Gasteiger partial charge in [0.1, 0.15) is 6.10 Å². The molecule has 0 radical (unpaired) electrons. The fraction of sp³-hybridized carbons (Fsp3) is 0.938. The third kappa shape index (κ3) is 27.5. The molecule has 0 aliphatic heterocycles. The van der Waals surface area contributed by atoms with Crippen LogP contribution in [0.4, 0.5) is 0 Å². The summed E-state index contributed by atoms with van der Waals surface area (Å²) >= 11 is 0. The molecule has 36 heavy (non-hydrogen) atoms. The van der Waals surface area contributed by atoms with Crippen LogP contribution in [0.25, 0.3) is 0 Å². The van der Waals surface area contributed by atoms with Gasteiger partial charge < -0.3 is 9.84 Å². The zero-order chi connectivity index (χ0) is 26.5. The maximum Gasteiger partial charge on any atom is 0.306 e. The van der Waals surface area contributed by atoms with Crippen LogP contribution in [-0.2, 0) is 14.3 Å². The highest BCUT2D eigenvalue weighted by Gasteiger charge is 2.14. The number of unbranched alkanes of at least 4 members (excludes halogenated alkanes) is 20. The third-order valence-corrected chi connectivity index (χ3v) is 7.33. The second-order valence-corrected chi connectivity index (χ2v) is 11.0. The first-order chi connectivity index (χ1) is 17.6. The van der Waals surface area contributed by atoms with Gasteiger partial charge in [-0.25, -0.2) is 0 Å². The number of carboxylic acid groups (broad SMARTS) is 1. The standard InChI is InChI=1S/C32H62O4/c1-3-5-7-9-11-12-13-14-15-16-18-20-25-29-32(35)36-30(27-23-21-24-28-31(33)34)26-22-19-17-10-8-6-4-2/h30H,3-29H2,1-2H3,(H,33,34). The van der Waals surface area contributed by atoms with Crippen LogP contribution in [0.3, 0.4) is 0 Å². The number of esters is 1. The van der Waals surface area contributed by atoms with Gasteiger partial charge in [0.25, 0.3) is 0 Å². The minimum atomic E-state index is -0.723. The van der Waals surface area contributed by atoms with Crippen molar-refractivity contribution >= 4 is 11.9 Å². The quantitative estimate of drug-likeness (QED) is 0.0802. The maximum absolute atomic E-state index is 12.4. The Morgan fingerprint density at radius 1 is 0.500 bits per heavy atom. The van der Waals surface area contributed by atoms with Gasteiger partial charge in [-0.1, -0.05) is 136 Å². The summed E-state index contributed by atoms with van der Waals surface area (Å²) in [5.74, 6) is -0.754. The second kappa shape index (κ2) is 28.5. The number of hydrogen-bond donors (Lipinski definition) is 1. The lowest BCUT2D eigenvalue weighted by molar-refractivity contribution is -0.150. The van der Waals surface area contributed by atoms with E-state index in [1.165, 1.54) is 109 Å². The molecule has 0 aliphatic rings. The van der Waals surface area contributed by atoms with Gasteiger partial charge in [0.05, 0.1) is 0 Å². The average Bonchev–Trinajstić information content (AvgIpc) is 2.85. The summed E-state index contributed by atoms with van der Waals surface area (Å²) in [4.78, 5) is 23.1. The summed E-state index contributed by atoms with van der Waals surface area (Å²) in [7, 11) is 0. The van der Waals surface area contributed by atoms with E-state index >= 15 is 0 Å². The molecule has 0 amide bonds. The van der Waals surface area contributed by atoms with Crippen LogP contribution in [0.2, 0.25) is 0 Å². The van der Waals surface area contributed by atoms with Gasteiger partial charge in [0, 0.05) is 12.8 Å². The van der Waals surface area contributed by atoms with Crippen LogP contribution in [-0.4, -0.2) is 23.1 Å². The summed E-state index contributed by atoms with van der Waals surface area (Å²) < 4.78 is 5.88. The predicted octanol–water partition coefficient (Wildman–Crippen LogP) is 10.6. The molecular formula is C32H62O4. The van der Waals surface area contributed by atoms with E-state index in [2.05, 4.69) is 13.8 Å². The molecular weight excluding hydrogens is 448 g/mol. The Morgan fingerprint density at radius 3 is 1.25 bits per heavy atom. The average molecular weight is 511 g/mol. The fourth-order valence-electron chi connectivity index (χ4n) is 4.95. The number of carbonyl (C=O) groups is 2. The summed E-state index contributed by atoms with van der Waals surface area (Å²) in [5, 5.41) is 8.81. The molecule has 0 aromatic rings. The molecule has 0 aromatic carbocycles. The lowest BCUT2D eigenvalue weighted by atomic mass is 10.0. The molecule has 1 atom stereocenters. The second-order valence-electron chi connectivity index (χ2n) is 11.0. The number of rotatable bonds is 29. The summed E-state index contributed by atoms with van der Waals surface area (Å²) in [6.07, 6.45) is 31.1. The zero-order valence-corrected chi connectivity index (χ0v) is 24.3. The minimum absolute atomic E-state index is 0.0138. The van der Waals surface area contributed by atoms with Gasteiger partial charge in [0.2, 0.25) is 0 Å². The first-order valence-corrected chi connectivity index (χ1v) is 16.0. The Labute approximate surface area is 224 Å². The highest BCUT2D eigenvalue weighted by molar-refractivity contribution is 5.69. The molecule has 0 bridgehead atoms. The Hall–Kier alpha value is -1.06. The molecule has 4 heteroatoms. The fourth-order valence-corrected chi connectivity index (χ4v) is 4.95. The van der Waals surface area contributed by atoms with Crippen molar-refractivity contribution in [3.05, 3.63) is 0 Å². The molecule has 0 aliphatic carbocycles. The maximum atomic E-state index is 12.4. The van der Waals surface area contributed by atoms with Gasteiger partial charge in [-0.3, -0.25) is 9.59 Å². The normalized spacial score (nSPS) is 12.1. The molecule has 0 saturated heterocycles. The van der Waals surface area contributed by atoms with E-state index in [-0.39, 0.29) is 18.5 Å². The van der Waals surface area contributed by atoms with E-state index in [1.54, 1.807) is 0 Å². The molecule has 214 valence electrons. The SMILES string of the molecule is CCCCCCCCCCCCCCCC(=O)OC(CCCCCCCCC)CCCCCC(=O)O. The number of ether oxygens (including phenoxy) is 1. The number of carboxylic acids is 1. The number of aliphatic carboxylic acids is 1. The van der Waals surface area contributed by atoms with Gasteiger partial charge >= 0.3 is 11.9 Å². The molecule has 1 N–H and O–H groups in total. The van der Waals surface area contributed by atoms with Crippen molar-refractivity contribution in [1.82, 2.24) is 0 Å². The van der Waals surface area contributed by atoms with Crippen molar-refractivity contribution in [2.45, 2.75) is 193 Å². The number of hydrogen-bond acceptors (Lipinski definition) is 3. The van der Waals surface area contributed by atoms with E-state index in [4.69, 9.17) is 9.84 Å². The molecule has 1 unspecified atom stereocenters. The minimum Gasteiger partial charge on any atom is -0.481 e. The Kier molecular flexibility index (Phi) is 27.7. The van der Waals surface area contributed by atoms with E-state index in [9.17, 15) is 9.59 Å². The van der Waals surface area contributed by atoms with Crippen molar-refractivity contribution in [1.29, 1.82) is 0 Å². The summed E-state index contributed by atoms with van der Waals surface area (Å²) in [6, 6.07) is 0. The van der Waals surface area contributed by atoms with E-state index in [0.29, 0.717) is 12.8 Å². The molecule has 4 nitrogen and oxygen atoms in total. The molecule has 0 saturated carbocycles. The highest BCUT2D eigenvalue weighted by atomic mass is 16.5. The lowest BCUT2D eigenvalue weighted by Gasteiger charge is -2.18. The van der Waals surface area contributed by atoms with Crippen LogP contribution in [0.1, 0.15) is 187 Å². The molecule has 0 heterocycles. The van der Waals surface area contributed by atoms with Crippen molar-refractivity contribution in [3.63, 3.8) is 0 Å². The van der Waals surface area contributed by atoms with Gasteiger partial charge in [-0.15, -0.1) is 0 Å². The first kappa shape index (κ1) is 34.9. The van der Waals surface area contributed by atoms with Gasteiger partial charge in [-0.05, 0) is 38.5 Å². The van der Waals surface area contributed by atoms with Crippen molar-refractivity contribution in [3.8, 4) is 0 Å². The largest absolute Gasteiger partial charge is 0.481 e. The highest BCUT2D eigenvalue weighted by Crippen LogP contribution is 2.18. The van der Waals surface area contributed by atoms with Crippen LogP contribution < -0.4 is 0 Å². The Morgan fingerprint density at radius 2 is 0.833 bits per heavy atom. The third-order valence-electron chi connectivity index (χ3n) is 7.33. The Bertz CT molecular complexity index is 477. The van der Waals surface area contributed by atoms with E-state index in [0.717, 1.165) is 44.9 Å². The van der Waals surface area contributed by atoms with E-state index in [1.807, 2.05) is 0 Å². The molecule has 0 spiro atoms. The Balaban J connectivity index is 3.89. The monoisotopic (exact) mass is 510 g/mol. The zero-order valence-electron chi connectivity index (χ0n) is 24.3. The topological polar surface area (TPSA) is 63.6 Å². The lowest BCUT2D eigenvalue weighted by Crippen LogP contribution is -2.18. The van der Waals surface area contributed by atoms with Gasteiger partial charge in [0.15, 0.2) is 0 Å². The summed E-state index contributed by atoms with van der Waals surface area (Å²) in [6.45, 7) is 4.51. The molecule has 0 aromatic heterocycles.